The molecule has 0 spiro atoms. The van der Waals surface area contributed by atoms with Crippen LogP contribution in [0.2, 0.25) is 0 Å². The van der Waals surface area contributed by atoms with Crippen LogP contribution in [0.4, 0.5) is 10.1 Å². The third kappa shape index (κ3) is 4.69. The Morgan fingerprint density at radius 1 is 1.12 bits per heavy atom. The fraction of sp³-hybridized carbons (Fsp3) is 0.250. The van der Waals surface area contributed by atoms with Gasteiger partial charge in [-0.1, -0.05) is 45.0 Å². The highest BCUT2D eigenvalue weighted by Gasteiger charge is 2.12. The summed E-state index contributed by atoms with van der Waals surface area (Å²) in [5, 5.41) is 2.68. The lowest BCUT2D eigenvalue weighted by Crippen LogP contribution is -2.10. The number of benzene rings is 2. The third-order valence-corrected chi connectivity index (χ3v) is 3.62. The molecule has 126 valence electrons. The van der Waals surface area contributed by atoms with E-state index in [4.69, 9.17) is 4.74 Å². The van der Waals surface area contributed by atoms with Gasteiger partial charge in [-0.25, -0.2) is 4.39 Å². The average Bonchev–Trinajstić information content (AvgIpc) is 2.54. The molecule has 4 heteroatoms. The summed E-state index contributed by atoms with van der Waals surface area (Å²) in [6.07, 6.45) is 3.18. The van der Waals surface area contributed by atoms with E-state index in [1.807, 2.05) is 12.1 Å². The molecule has 0 unspecified atom stereocenters. The summed E-state index contributed by atoms with van der Waals surface area (Å²) in [7, 11) is 1.38. The lowest BCUT2D eigenvalue weighted by Gasteiger charge is -2.18. The van der Waals surface area contributed by atoms with Crippen molar-refractivity contribution in [1.29, 1.82) is 0 Å². The molecular formula is C20H22FNO2. The van der Waals surface area contributed by atoms with Crippen LogP contribution in [0.5, 0.6) is 5.75 Å². The number of ether oxygens (including phenoxy) is 1. The van der Waals surface area contributed by atoms with Gasteiger partial charge in [0.05, 0.1) is 7.11 Å². The summed E-state index contributed by atoms with van der Waals surface area (Å²) in [6.45, 7) is 6.47. The minimum absolute atomic E-state index is 0.0922. The Kier molecular flexibility index (Phi) is 5.39. The third-order valence-electron chi connectivity index (χ3n) is 3.62. The second kappa shape index (κ2) is 7.30. The molecular weight excluding hydrogens is 305 g/mol. The van der Waals surface area contributed by atoms with Gasteiger partial charge < -0.3 is 10.1 Å². The summed E-state index contributed by atoms with van der Waals surface area (Å²) in [6, 6.07) is 12.3. The summed E-state index contributed by atoms with van der Waals surface area (Å²) in [4.78, 5) is 12.0. The number of anilines is 1. The molecule has 24 heavy (non-hydrogen) atoms. The van der Waals surface area contributed by atoms with Gasteiger partial charge in [-0.3, -0.25) is 4.79 Å². The second-order valence-electron chi connectivity index (χ2n) is 6.54. The maximum Gasteiger partial charge on any atom is 0.248 e. The van der Waals surface area contributed by atoms with Crippen LogP contribution in [0.15, 0.2) is 48.5 Å². The van der Waals surface area contributed by atoms with Crippen molar-refractivity contribution in [1.82, 2.24) is 0 Å². The number of carbonyl (C=O) groups is 1. The number of amides is 1. The lowest BCUT2D eigenvalue weighted by molar-refractivity contribution is -0.111. The van der Waals surface area contributed by atoms with E-state index in [2.05, 4.69) is 38.2 Å². The van der Waals surface area contributed by atoms with E-state index < -0.39 is 5.82 Å². The van der Waals surface area contributed by atoms with Crippen LogP contribution >= 0.6 is 0 Å². The summed E-state index contributed by atoms with van der Waals surface area (Å²) >= 11 is 0. The van der Waals surface area contributed by atoms with Gasteiger partial charge in [-0.05, 0) is 34.8 Å². The molecule has 2 aromatic rings. The quantitative estimate of drug-likeness (QED) is 0.820. The molecule has 0 aromatic heterocycles. The van der Waals surface area contributed by atoms with Crippen LogP contribution in [0.1, 0.15) is 31.9 Å². The summed E-state index contributed by atoms with van der Waals surface area (Å²) in [5.74, 6) is -0.664. The van der Waals surface area contributed by atoms with E-state index in [0.717, 1.165) is 5.56 Å². The molecule has 1 amide bonds. The Labute approximate surface area is 142 Å². The molecule has 0 atom stereocenters. The number of hydrogen-bond acceptors (Lipinski definition) is 2. The average molecular weight is 327 g/mol. The molecule has 0 radical (unpaired) electrons. The smallest absolute Gasteiger partial charge is 0.248 e. The van der Waals surface area contributed by atoms with E-state index in [0.29, 0.717) is 5.69 Å². The van der Waals surface area contributed by atoms with Crippen LogP contribution in [0.25, 0.3) is 6.08 Å². The molecule has 2 aromatic carbocycles. The lowest BCUT2D eigenvalue weighted by atomic mass is 9.87. The first-order chi connectivity index (χ1) is 11.3. The van der Waals surface area contributed by atoms with Gasteiger partial charge in [0, 0.05) is 17.8 Å². The van der Waals surface area contributed by atoms with Crippen molar-refractivity contribution in [3.05, 3.63) is 65.5 Å². The Morgan fingerprint density at radius 3 is 2.38 bits per heavy atom. The molecule has 0 saturated heterocycles. The Bertz CT molecular complexity index is 743. The SMILES string of the molecule is COc1cc(NC(=O)C=Cc2ccc(C(C)(C)C)cc2)ccc1F. The highest BCUT2D eigenvalue weighted by molar-refractivity contribution is 6.02. The van der Waals surface area contributed by atoms with Gasteiger partial charge in [-0.15, -0.1) is 0 Å². The number of halogens is 1. The molecule has 0 aliphatic carbocycles. The Balaban J connectivity index is 2.03. The van der Waals surface area contributed by atoms with E-state index in [-0.39, 0.29) is 17.1 Å². The molecule has 0 fully saturated rings. The predicted octanol–water partition coefficient (Wildman–Crippen LogP) is 4.78. The van der Waals surface area contributed by atoms with Gasteiger partial charge in [0.1, 0.15) is 0 Å². The summed E-state index contributed by atoms with van der Waals surface area (Å²) < 4.78 is 18.2. The highest BCUT2D eigenvalue weighted by Crippen LogP contribution is 2.23. The molecule has 1 N–H and O–H groups in total. The maximum atomic E-state index is 13.3. The molecule has 0 bridgehead atoms. The van der Waals surface area contributed by atoms with Crippen molar-refractivity contribution in [2.75, 3.05) is 12.4 Å². The minimum atomic E-state index is -0.468. The van der Waals surface area contributed by atoms with Crippen LogP contribution < -0.4 is 10.1 Å². The van der Waals surface area contributed by atoms with Crippen LogP contribution in [0, 0.1) is 5.82 Å². The van der Waals surface area contributed by atoms with Crippen LogP contribution in [-0.4, -0.2) is 13.0 Å². The molecule has 2 rings (SSSR count). The van der Waals surface area contributed by atoms with Crippen molar-refractivity contribution in [3.8, 4) is 5.75 Å². The van der Waals surface area contributed by atoms with Crippen molar-refractivity contribution in [2.45, 2.75) is 26.2 Å². The highest BCUT2D eigenvalue weighted by atomic mass is 19.1. The first kappa shape index (κ1) is 17.7. The molecule has 0 saturated carbocycles. The van der Waals surface area contributed by atoms with Crippen LogP contribution in [-0.2, 0) is 10.2 Å². The Hall–Kier alpha value is -2.62. The molecule has 0 aliphatic heterocycles. The number of hydrogen-bond donors (Lipinski definition) is 1. The van der Waals surface area contributed by atoms with Crippen molar-refractivity contribution < 1.29 is 13.9 Å². The molecule has 0 aliphatic rings. The van der Waals surface area contributed by atoms with E-state index >= 15 is 0 Å². The summed E-state index contributed by atoms with van der Waals surface area (Å²) in [5.41, 5.74) is 2.75. The number of methoxy groups -OCH3 is 1. The topological polar surface area (TPSA) is 38.3 Å². The number of carbonyl (C=O) groups excluding carboxylic acids is 1. The first-order valence-electron chi connectivity index (χ1n) is 7.73. The minimum Gasteiger partial charge on any atom is -0.494 e. The fourth-order valence-electron chi connectivity index (χ4n) is 2.19. The fourth-order valence-corrected chi connectivity index (χ4v) is 2.19. The normalized spacial score (nSPS) is 11.5. The monoisotopic (exact) mass is 327 g/mol. The predicted molar refractivity (Wildman–Crippen MR) is 95.8 cm³/mol. The van der Waals surface area contributed by atoms with Gasteiger partial charge in [0.2, 0.25) is 5.91 Å². The zero-order valence-corrected chi connectivity index (χ0v) is 14.4. The zero-order valence-electron chi connectivity index (χ0n) is 14.4. The van der Waals surface area contributed by atoms with Gasteiger partial charge in [-0.2, -0.15) is 0 Å². The zero-order chi connectivity index (χ0) is 17.7. The van der Waals surface area contributed by atoms with E-state index in [9.17, 15) is 9.18 Å². The van der Waals surface area contributed by atoms with Crippen molar-refractivity contribution >= 4 is 17.7 Å². The van der Waals surface area contributed by atoms with Crippen molar-refractivity contribution in [2.24, 2.45) is 0 Å². The van der Waals surface area contributed by atoms with Crippen molar-refractivity contribution in [3.63, 3.8) is 0 Å². The molecule has 0 heterocycles. The number of rotatable bonds is 4. The van der Waals surface area contributed by atoms with Gasteiger partial charge >= 0.3 is 0 Å². The number of nitrogens with one attached hydrogen (secondary N) is 1. The van der Waals surface area contributed by atoms with Gasteiger partial charge in [0.25, 0.3) is 0 Å². The molecule has 3 nitrogen and oxygen atoms in total. The Morgan fingerprint density at radius 2 is 1.79 bits per heavy atom. The maximum absolute atomic E-state index is 13.3. The van der Waals surface area contributed by atoms with Gasteiger partial charge in [0.15, 0.2) is 11.6 Å². The first-order valence-corrected chi connectivity index (χ1v) is 7.73. The second-order valence-corrected chi connectivity index (χ2v) is 6.54. The van der Waals surface area contributed by atoms with Crippen LogP contribution in [0.3, 0.4) is 0 Å². The largest absolute Gasteiger partial charge is 0.494 e. The standard InChI is InChI=1S/C20H22FNO2/c1-20(2,3)15-8-5-14(6-9-15)7-12-19(23)22-16-10-11-17(21)18(13-16)24-4/h5-13H,1-4H3,(H,22,23). The van der Waals surface area contributed by atoms with E-state index in [1.54, 1.807) is 6.08 Å². The van der Waals surface area contributed by atoms with E-state index in [1.165, 1.54) is 36.9 Å².